The highest BCUT2D eigenvalue weighted by Gasteiger charge is 2.30. The topological polar surface area (TPSA) is 98.9 Å². The van der Waals surface area contributed by atoms with E-state index in [0.29, 0.717) is 61.8 Å². The van der Waals surface area contributed by atoms with Crippen LogP contribution in [0.4, 0.5) is 0 Å². The predicted octanol–water partition coefficient (Wildman–Crippen LogP) is 1.64. The molecule has 2 saturated heterocycles. The smallest absolute Gasteiger partial charge is 0.282 e. The van der Waals surface area contributed by atoms with E-state index in [9.17, 15) is 14.4 Å². The number of benzene rings is 1. The van der Waals surface area contributed by atoms with Crippen molar-refractivity contribution < 1.29 is 19.1 Å². The Hall–Kier alpha value is -3.50. The van der Waals surface area contributed by atoms with Crippen LogP contribution in [0.25, 0.3) is 16.9 Å². The third kappa shape index (κ3) is 4.91. The van der Waals surface area contributed by atoms with Gasteiger partial charge in [-0.3, -0.25) is 14.4 Å². The van der Waals surface area contributed by atoms with E-state index in [-0.39, 0.29) is 30.1 Å². The number of carbonyl (C=O) groups excluding carboxylic acids is 2. The average molecular weight is 494 g/mol. The zero-order chi connectivity index (χ0) is 25.1. The minimum absolute atomic E-state index is 0.0505. The lowest BCUT2D eigenvalue weighted by Gasteiger charge is -2.35. The van der Waals surface area contributed by atoms with E-state index >= 15 is 0 Å². The second-order valence-corrected chi connectivity index (χ2v) is 9.13. The molecule has 0 unspecified atom stereocenters. The molecule has 0 N–H and O–H groups in total. The average Bonchev–Trinajstić information content (AvgIpc) is 3.55. The number of carbonyl (C=O) groups is 2. The van der Waals surface area contributed by atoms with Crippen LogP contribution in [0.2, 0.25) is 0 Å². The number of ether oxygens (including phenoxy) is 2. The van der Waals surface area contributed by atoms with Crippen molar-refractivity contribution in [1.82, 2.24) is 24.1 Å². The molecule has 0 aromatic heterocycles. The number of piperazine rings is 1. The summed E-state index contributed by atoms with van der Waals surface area (Å²) in [5, 5.41) is 4.58. The maximum Gasteiger partial charge on any atom is 0.282 e. The van der Waals surface area contributed by atoms with Crippen molar-refractivity contribution in [2.24, 2.45) is 0 Å². The van der Waals surface area contributed by atoms with Crippen LogP contribution in [0.3, 0.4) is 0 Å². The predicted molar refractivity (Wildman–Crippen MR) is 132 cm³/mol. The molecule has 0 radical (unpaired) electrons. The van der Waals surface area contributed by atoms with Crippen molar-refractivity contribution in [3.8, 4) is 16.9 Å². The number of rotatable bonds is 7. The van der Waals surface area contributed by atoms with E-state index in [1.54, 1.807) is 22.2 Å². The van der Waals surface area contributed by atoms with Gasteiger partial charge < -0.3 is 23.8 Å². The highest BCUT2D eigenvalue weighted by Crippen LogP contribution is 2.25. The van der Waals surface area contributed by atoms with Crippen LogP contribution in [0.1, 0.15) is 30.1 Å². The molecule has 10 heteroatoms. The lowest BCUT2D eigenvalue weighted by atomic mass is 10.1. The molecule has 5 rings (SSSR count). The van der Waals surface area contributed by atoms with Gasteiger partial charge in [0.25, 0.3) is 11.5 Å². The Labute approximate surface area is 209 Å². The van der Waals surface area contributed by atoms with Crippen LogP contribution in [0.5, 0.6) is 0 Å². The molecule has 4 aliphatic heterocycles. The maximum atomic E-state index is 13.7. The maximum absolute atomic E-state index is 13.7. The minimum atomic E-state index is -0.265. The number of pyridine rings is 1. The first-order valence-corrected chi connectivity index (χ1v) is 12.5. The Balaban J connectivity index is 1.45. The highest BCUT2D eigenvalue weighted by molar-refractivity contribution is 6.00. The van der Waals surface area contributed by atoms with Crippen LogP contribution in [0, 0.1) is 0 Å². The molecular weight excluding hydrogens is 462 g/mol. The number of hydrogen-bond donors (Lipinski definition) is 0. The van der Waals surface area contributed by atoms with Gasteiger partial charge in [0, 0.05) is 58.3 Å². The number of aromatic nitrogens is 3. The van der Waals surface area contributed by atoms with E-state index in [0.717, 1.165) is 19.4 Å². The summed E-state index contributed by atoms with van der Waals surface area (Å²) in [6.45, 7) is 5.36. The summed E-state index contributed by atoms with van der Waals surface area (Å²) in [4.78, 5) is 42.8. The monoisotopic (exact) mass is 493 g/mol. The summed E-state index contributed by atoms with van der Waals surface area (Å²) in [5.74, 6) is -0.269. The van der Waals surface area contributed by atoms with Crippen molar-refractivity contribution in [2.45, 2.75) is 32.4 Å². The Morgan fingerprint density at radius 3 is 2.53 bits per heavy atom. The van der Waals surface area contributed by atoms with Gasteiger partial charge in [0.2, 0.25) is 5.91 Å². The highest BCUT2D eigenvalue weighted by atomic mass is 16.5. The summed E-state index contributed by atoms with van der Waals surface area (Å²) in [6, 6.07) is 9.19. The second-order valence-electron chi connectivity index (χ2n) is 9.13. The molecule has 0 spiro atoms. The summed E-state index contributed by atoms with van der Waals surface area (Å²) >= 11 is 0. The Morgan fingerprint density at radius 1 is 1.08 bits per heavy atom. The van der Waals surface area contributed by atoms with Gasteiger partial charge in [-0.1, -0.05) is 18.2 Å². The molecule has 2 fully saturated rings. The van der Waals surface area contributed by atoms with Crippen molar-refractivity contribution in [3.05, 3.63) is 58.6 Å². The van der Waals surface area contributed by atoms with E-state index in [2.05, 4.69) is 5.10 Å². The molecule has 0 aliphatic carbocycles. The molecule has 36 heavy (non-hydrogen) atoms. The SMILES string of the molecule is CCOCC(=O)N1CCN(C(=O)c2cn(C[C@H]3CCCO3)cc3c(=O)n(-c4ccccc4)nc2-3)CC1. The van der Waals surface area contributed by atoms with E-state index in [4.69, 9.17) is 9.47 Å². The Bertz CT molecular complexity index is 1240. The number of nitrogens with zero attached hydrogens (tertiary/aromatic N) is 5. The fourth-order valence-electron chi connectivity index (χ4n) is 4.80. The van der Waals surface area contributed by atoms with E-state index in [1.807, 2.05) is 41.8 Å². The standard InChI is InChI=1S/C26H31N5O5/c1-2-35-18-23(32)29-10-12-30(13-11-29)25(33)21-16-28(15-20-9-6-14-36-20)17-22-24(21)27-31(26(22)34)19-7-4-3-5-8-19/h3-5,7-8,16-17,20H,2,6,9-15,18H2,1H3/t20-/m1/s1. The van der Waals surface area contributed by atoms with Crippen LogP contribution >= 0.6 is 0 Å². The Morgan fingerprint density at radius 2 is 1.83 bits per heavy atom. The zero-order valence-corrected chi connectivity index (χ0v) is 20.5. The fourth-order valence-corrected chi connectivity index (χ4v) is 4.80. The molecule has 0 bridgehead atoms. The summed E-state index contributed by atoms with van der Waals surface area (Å²) in [6.07, 6.45) is 5.55. The van der Waals surface area contributed by atoms with Crippen molar-refractivity contribution in [2.75, 3.05) is 46.0 Å². The number of fused-ring (bicyclic) bond motifs is 1. The first kappa shape index (κ1) is 24.2. The molecule has 10 nitrogen and oxygen atoms in total. The first-order valence-electron chi connectivity index (χ1n) is 12.5. The van der Waals surface area contributed by atoms with Crippen LogP contribution in [-0.2, 0) is 20.8 Å². The summed E-state index contributed by atoms with van der Waals surface area (Å²) in [7, 11) is 0. The molecule has 1 atom stereocenters. The van der Waals surface area contributed by atoms with Gasteiger partial charge in [-0.25, -0.2) is 0 Å². The largest absolute Gasteiger partial charge is 0.376 e. The number of hydrogen-bond acceptors (Lipinski definition) is 6. The van der Waals surface area contributed by atoms with Gasteiger partial charge in [0.1, 0.15) is 12.3 Å². The van der Waals surface area contributed by atoms with Gasteiger partial charge in [0.15, 0.2) is 0 Å². The first-order chi connectivity index (χ1) is 17.5. The Kier molecular flexibility index (Phi) is 7.15. The van der Waals surface area contributed by atoms with Crippen LogP contribution < -0.4 is 5.56 Å². The molecule has 1 aromatic rings. The van der Waals surface area contributed by atoms with Gasteiger partial charge in [0.05, 0.1) is 22.9 Å². The lowest BCUT2D eigenvalue weighted by molar-refractivity contribution is -0.137. The lowest BCUT2D eigenvalue weighted by Crippen LogP contribution is -2.51. The molecule has 0 saturated carbocycles. The minimum Gasteiger partial charge on any atom is -0.376 e. The normalized spacial score (nSPS) is 18.2. The number of amides is 2. The third-order valence-corrected chi connectivity index (χ3v) is 6.74. The molecule has 2 amide bonds. The van der Waals surface area contributed by atoms with Crippen molar-refractivity contribution in [3.63, 3.8) is 0 Å². The van der Waals surface area contributed by atoms with Gasteiger partial charge >= 0.3 is 0 Å². The fraction of sp³-hybridized carbons (Fsp3) is 0.462. The van der Waals surface area contributed by atoms with Gasteiger partial charge in [-0.15, -0.1) is 0 Å². The third-order valence-electron chi connectivity index (χ3n) is 6.74. The summed E-state index contributed by atoms with van der Waals surface area (Å²) < 4.78 is 14.3. The van der Waals surface area contributed by atoms with Gasteiger partial charge in [-0.05, 0) is 31.9 Å². The molecular formula is C26H31N5O5. The zero-order valence-electron chi connectivity index (χ0n) is 20.5. The van der Waals surface area contributed by atoms with Crippen molar-refractivity contribution in [1.29, 1.82) is 0 Å². The van der Waals surface area contributed by atoms with Gasteiger partial charge in [-0.2, -0.15) is 9.78 Å². The van der Waals surface area contributed by atoms with Crippen LogP contribution in [-0.4, -0.2) is 88.1 Å². The van der Waals surface area contributed by atoms with E-state index in [1.165, 1.54) is 4.68 Å². The number of para-hydroxylation sites is 1. The quantitative estimate of drug-likeness (QED) is 0.496. The van der Waals surface area contributed by atoms with E-state index < -0.39 is 0 Å². The van der Waals surface area contributed by atoms with Crippen LogP contribution in [0.15, 0.2) is 47.5 Å². The van der Waals surface area contributed by atoms with Crippen molar-refractivity contribution >= 4 is 11.8 Å². The molecule has 190 valence electrons. The molecule has 1 aromatic carbocycles. The molecule has 4 aliphatic rings. The molecule has 4 heterocycles. The summed E-state index contributed by atoms with van der Waals surface area (Å²) in [5.41, 5.74) is 1.54. The second kappa shape index (κ2) is 10.6.